The van der Waals surface area contributed by atoms with Crippen LogP contribution in [0.25, 0.3) is 0 Å². The molecule has 0 fully saturated rings. The summed E-state index contributed by atoms with van der Waals surface area (Å²) in [5, 5.41) is 4.02. The number of ether oxygens (including phenoxy) is 1. The average molecular weight is 458 g/mol. The third-order valence-electron chi connectivity index (χ3n) is 4.66. The number of nitrogens with two attached hydrogens (primary N) is 1. The summed E-state index contributed by atoms with van der Waals surface area (Å²) < 4.78 is 5.25. The van der Waals surface area contributed by atoms with Gasteiger partial charge in [-0.15, -0.1) is 0 Å². The smallest absolute Gasteiger partial charge is 0.319 e. The Bertz CT molecular complexity index is 748. The number of benzene rings is 3. The molecule has 0 aliphatic rings. The van der Waals surface area contributed by atoms with E-state index in [1.54, 1.807) is 0 Å². The molecular formula is C23H25BrNO2P. The third-order valence-corrected chi connectivity index (χ3v) is 9.18. The Hall–Kier alpha value is -2.00. The fourth-order valence-corrected chi connectivity index (χ4v) is 7.74. The minimum absolute atomic E-state index is 0. The zero-order chi connectivity index (χ0) is 19.0. The van der Waals surface area contributed by atoms with Gasteiger partial charge < -0.3 is 27.5 Å². The number of rotatable bonds is 8. The molecule has 0 spiro atoms. The summed E-state index contributed by atoms with van der Waals surface area (Å²) in [6.07, 6.45) is 1.72. The van der Waals surface area contributed by atoms with Crippen LogP contribution in [-0.4, -0.2) is 25.3 Å². The van der Waals surface area contributed by atoms with Gasteiger partial charge >= 0.3 is 5.97 Å². The SMILES string of the molecule is NCC(=O)OCCC[P+](c1ccccc1)(c1ccccc1)c1ccccc1.[Br-]. The van der Waals surface area contributed by atoms with Crippen molar-refractivity contribution < 1.29 is 26.5 Å². The number of hydrogen-bond acceptors (Lipinski definition) is 3. The summed E-state index contributed by atoms with van der Waals surface area (Å²) in [7, 11) is -1.84. The fourth-order valence-electron chi connectivity index (χ4n) is 3.43. The maximum atomic E-state index is 11.4. The first-order valence-corrected chi connectivity index (χ1v) is 11.2. The largest absolute Gasteiger partial charge is 1.00 e. The Balaban J connectivity index is 0.00000280. The van der Waals surface area contributed by atoms with Crippen molar-refractivity contribution in [2.24, 2.45) is 5.73 Å². The lowest BCUT2D eigenvalue weighted by Crippen LogP contribution is -3.00. The quantitative estimate of drug-likeness (QED) is 0.291. The molecule has 0 amide bonds. The van der Waals surface area contributed by atoms with E-state index in [0.717, 1.165) is 12.6 Å². The van der Waals surface area contributed by atoms with E-state index in [0.29, 0.717) is 6.61 Å². The Morgan fingerprint density at radius 3 is 1.50 bits per heavy atom. The molecule has 0 bridgehead atoms. The molecule has 0 radical (unpaired) electrons. The third kappa shape index (κ3) is 5.08. The molecular weight excluding hydrogens is 433 g/mol. The lowest BCUT2D eigenvalue weighted by molar-refractivity contribution is -0.141. The van der Waals surface area contributed by atoms with Gasteiger partial charge in [-0.3, -0.25) is 4.79 Å². The average Bonchev–Trinajstić information content (AvgIpc) is 2.75. The predicted octanol–water partition coefficient (Wildman–Crippen LogP) is -0.123. The van der Waals surface area contributed by atoms with Crippen LogP contribution >= 0.6 is 7.26 Å². The molecule has 0 atom stereocenters. The van der Waals surface area contributed by atoms with Crippen LogP contribution in [0.2, 0.25) is 0 Å². The second kappa shape index (κ2) is 11.1. The van der Waals surface area contributed by atoms with E-state index in [-0.39, 0.29) is 29.5 Å². The van der Waals surface area contributed by atoms with Crippen molar-refractivity contribution in [1.82, 2.24) is 0 Å². The minimum atomic E-state index is -1.84. The highest BCUT2D eigenvalue weighted by molar-refractivity contribution is 7.95. The van der Waals surface area contributed by atoms with Gasteiger partial charge in [0.1, 0.15) is 23.2 Å². The number of carbonyl (C=O) groups excluding carboxylic acids is 1. The molecule has 2 N–H and O–H groups in total. The normalized spacial score (nSPS) is 10.8. The first-order chi connectivity index (χ1) is 13.3. The molecule has 0 saturated carbocycles. The first-order valence-electron chi connectivity index (χ1n) is 9.18. The second-order valence-corrected chi connectivity index (χ2v) is 9.93. The Labute approximate surface area is 178 Å². The van der Waals surface area contributed by atoms with E-state index in [1.165, 1.54) is 15.9 Å². The molecule has 3 aromatic carbocycles. The van der Waals surface area contributed by atoms with Crippen LogP contribution in [-0.2, 0) is 9.53 Å². The lowest BCUT2D eigenvalue weighted by atomic mass is 10.4. The van der Waals surface area contributed by atoms with Crippen LogP contribution < -0.4 is 38.6 Å². The molecule has 3 rings (SSSR count). The number of halogens is 1. The molecule has 0 saturated heterocycles. The van der Waals surface area contributed by atoms with Gasteiger partial charge in [0.2, 0.25) is 0 Å². The summed E-state index contributed by atoms with van der Waals surface area (Å²) in [4.78, 5) is 11.4. The van der Waals surface area contributed by atoms with Crippen LogP contribution in [0, 0.1) is 0 Å². The molecule has 3 aromatic rings. The van der Waals surface area contributed by atoms with Crippen LogP contribution in [0.3, 0.4) is 0 Å². The standard InChI is InChI=1S/C23H25NO2P.BrH/c24-19-23(25)26-17-10-18-27(20-11-4-1-5-12-20,21-13-6-2-7-14-21)22-15-8-3-9-16-22;/h1-9,11-16H,10,17-19,24H2;1H/q+1;/p-1. The zero-order valence-electron chi connectivity index (χ0n) is 15.7. The second-order valence-electron chi connectivity index (χ2n) is 6.32. The van der Waals surface area contributed by atoms with E-state index >= 15 is 0 Å². The highest BCUT2D eigenvalue weighted by Crippen LogP contribution is 2.55. The van der Waals surface area contributed by atoms with Gasteiger partial charge in [0.25, 0.3) is 0 Å². The molecule has 5 heteroatoms. The Morgan fingerprint density at radius 2 is 1.14 bits per heavy atom. The van der Waals surface area contributed by atoms with Gasteiger partial charge in [-0.25, -0.2) is 0 Å². The summed E-state index contributed by atoms with van der Waals surface area (Å²) in [5.41, 5.74) is 5.35. The molecule has 3 nitrogen and oxygen atoms in total. The molecule has 0 unspecified atom stereocenters. The van der Waals surface area contributed by atoms with Gasteiger partial charge in [-0.1, -0.05) is 54.6 Å². The van der Waals surface area contributed by atoms with Crippen LogP contribution in [0.15, 0.2) is 91.0 Å². The highest BCUT2D eigenvalue weighted by atomic mass is 79.9. The van der Waals surface area contributed by atoms with Crippen LogP contribution in [0.4, 0.5) is 0 Å². The number of hydrogen-bond donors (Lipinski definition) is 1. The molecule has 0 heterocycles. The van der Waals surface area contributed by atoms with Gasteiger partial charge in [0.05, 0.1) is 19.3 Å². The maximum absolute atomic E-state index is 11.4. The van der Waals surface area contributed by atoms with Gasteiger partial charge in [0, 0.05) is 6.42 Å². The van der Waals surface area contributed by atoms with Gasteiger partial charge in [-0.05, 0) is 36.4 Å². The van der Waals surface area contributed by atoms with E-state index in [2.05, 4.69) is 91.0 Å². The van der Waals surface area contributed by atoms with E-state index in [1.807, 2.05) is 0 Å². The molecule has 146 valence electrons. The van der Waals surface area contributed by atoms with Crippen LogP contribution in [0.1, 0.15) is 6.42 Å². The molecule has 0 aliphatic heterocycles. The summed E-state index contributed by atoms with van der Waals surface area (Å²) in [5.74, 6) is -0.349. The van der Waals surface area contributed by atoms with Crippen molar-refractivity contribution in [3.05, 3.63) is 91.0 Å². The van der Waals surface area contributed by atoms with Crippen molar-refractivity contribution in [1.29, 1.82) is 0 Å². The lowest BCUT2D eigenvalue weighted by Gasteiger charge is -2.27. The van der Waals surface area contributed by atoms with Gasteiger partial charge in [0.15, 0.2) is 0 Å². The Kier molecular flexibility index (Phi) is 8.85. The van der Waals surface area contributed by atoms with Crippen molar-refractivity contribution in [2.75, 3.05) is 19.3 Å². The van der Waals surface area contributed by atoms with E-state index in [9.17, 15) is 4.79 Å². The topological polar surface area (TPSA) is 52.3 Å². The monoisotopic (exact) mass is 457 g/mol. The van der Waals surface area contributed by atoms with Crippen LogP contribution in [0.5, 0.6) is 0 Å². The van der Waals surface area contributed by atoms with Crippen molar-refractivity contribution in [3.63, 3.8) is 0 Å². The van der Waals surface area contributed by atoms with Gasteiger partial charge in [-0.2, -0.15) is 0 Å². The fraction of sp³-hybridized carbons (Fsp3) is 0.174. The summed E-state index contributed by atoms with van der Waals surface area (Å²) in [6.45, 7) is 0.320. The zero-order valence-corrected chi connectivity index (χ0v) is 18.2. The number of esters is 1. The predicted molar refractivity (Wildman–Crippen MR) is 115 cm³/mol. The Morgan fingerprint density at radius 1 is 0.750 bits per heavy atom. The van der Waals surface area contributed by atoms with Crippen molar-refractivity contribution in [2.45, 2.75) is 6.42 Å². The maximum Gasteiger partial charge on any atom is 0.319 e. The summed E-state index contributed by atoms with van der Waals surface area (Å²) >= 11 is 0. The molecule has 0 aliphatic carbocycles. The minimum Gasteiger partial charge on any atom is -1.00 e. The van der Waals surface area contributed by atoms with Crippen molar-refractivity contribution in [3.8, 4) is 0 Å². The summed E-state index contributed by atoms with van der Waals surface area (Å²) in [6, 6.07) is 32.1. The molecule has 0 aromatic heterocycles. The van der Waals surface area contributed by atoms with Crippen molar-refractivity contribution >= 4 is 29.1 Å². The highest BCUT2D eigenvalue weighted by Gasteiger charge is 2.44. The number of carbonyl (C=O) groups is 1. The van der Waals surface area contributed by atoms with E-state index < -0.39 is 7.26 Å². The van der Waals surface area contributed by atoms with E-state index in [4.69, 9.17) is 10.5 Å². The molecule has 28 heavy (non-hydrogen) atoms. The first kappa shape index (κ1) is 22.3.